The third-order valence-corrected chi connectivity index (χ3v) is 6.02. The van der Waals surface area contributed by atoms with Gasteiger partial charge in [0, 0.05) is 23.9 Å². The van der Waals surface area contributed by atoms with E-state index in [1.165, 1.54) is 11.3 Å². The first-order valence-corrected chi connectivity index (χ1v) is 8.87. The molecular weight excluding hydrogens is 282 g/mol. The molecule has 0 radical (unpaired) electrons. The number of hydrogen-bond acceptors (Lipinski definition) is 4. The summed E-state index contributed by atoms with van der Waals surface area (Å²) in [6, 6.07) is 3.30. The van der Waals surface area contributed by atoms with Crippen molar-refractivity contribution in [1.82, 2.24) is 4.72 Å². The summed E-state index contributed by atoms with van der Waals surface area (Å²) >= 11 is 1.22. The first kappa shape index (κ1) is 16.6. The molecule has 1 unspecified atom stereocenters. The van der Waals surface area contributed by atoms with E-state index in [2.05, 4.69) is 18.6 Å². The maximum absolute atomic E-state index is 12.1. The number of thiophene rings is 1. The highest BCUT2D eigenvalue weighted by Gasteiger charge is 2.19. The molecule has 6 heteroatoms. The van der Waals surface area contributed by atoms with Crippen LogP contribution in [0.5, 0.6) is 0 Å². The molecule has 0 amide bonds. The summed E-state index contributed by atoms with van der Waals surface area (Å²) < 4.78 is 27.3. The van der Waals surface area contributed by atoms with Gasteiger partial charge in [0.25, 0.3) is 0 Å². The van der Waals surface area contributed by atoms with E-state index in [9.17, 15) is 8.42 Å². The third-order valence-electron chi connectivity index (χ3n) is 2.79. The second-order valence-corrected chi connectivity index (χ2v) is 8.30. The molecular formula is C13H23NO3S2. The monoisotopic (exact) mass is 305 g/mol. The molecule has 0 aromatic carbocycles. The van der Waals surface area contributed by atoms with E-state index < -0.39 is 10.0 Å². The lowest BCUT2D eigenvalue weighted by Gasteiger charge is -2.14. The van der Waals surface area contributed by atoms with Crippen LogP contribution < -0.4 is 4.72 Å². The molecule has 0 fully saturated rings. The largest absolute Gasteiger partial charge is 0.396 e. The Labute approximate surface area is 119 Å². The van der Waals surface area contributed by atoms with E-state index in [0.29, 0.717) is 16.5 Å². The fraction of sp³-hybridized carbons (Fsp3) is 0.692. The molecule has 0 aliphatic rings. The fourth-order valence-corrected chi connectivity index (χ4v) is 4.35. The Morgan fingerprint density at radius 3 is 2.53 bits per heavy atom. The van der Waals surface area contributed by atoms with Crippen LogP contribution in [0.2, 0.25) is 0 Å². The number of rotatable bonds is 8. The Morgan fingerprint density at radius 1 is 1.26 bits per heavy atom. The van der Waals surface area contributed by atoms with Gasteiger partial charge in [-0.2, -0.15) is 0 Å². The predicted octanol–water partition coefficient (Wildman–Crippen LogP) is 2.39. The van der Waals surface area contributed by atoms with Crippen molar-refractivity contribution in [3.05, 3.63) is 17.0 Å². The van der Waals surface area contributed by atoms with E-state index in [4.69, 9.17) is 5.11 Å². The van der Waals surface area contributed by atoms with Gasteiger partial charge in [-0.3, -0.25) is 0 Å². The summed E-state index contributed by atoms with van der Waals surface area (Å²) in [5, 5.41) is 8.84. The van der Waals surface area contributed by atoms with Crippen molar-refractivity contribution in [2.45, 2.75) is 50.3 Å². The Bertz CT molecular complexity index is 480. The first-order chi connectivity index (χ1) is 8.85. The molecule has 0 spiro atoms. The quantitative estimate of drug-likeness (QED) is 0.775. The van der Waals surface area contributed by atoms with Gasteiger partial charge in [-0.25, -0.2) is 13.1 Å². The highest BCUT2D eigenvalue weighted by molar-refractivity contribution is 7.91. The van der Waals surface area contributed by atoms with E-state index in [1.54, 1.807) is 12.1 Å². The van der Waals surface area contributed by atoms with Crippen LogP contribution in [-0.2, 0) is 16.4 Å². The van der Waals surface area contributed by atoms with Gasteiger partial charge >= 0.3 is 0 Å². The topological polar surface area (TPSA) is 66.4 Å². The van der Waals surface area contributed by atoms with Crippen molar-refractivity contribution < 1.29 is 13.5 Å². The molecule has 2 N–H and O–H groups in total. The summed E-state index contributed by atoms with van der Waals surface area (Å²) in [5.41, 5.74) is 0. The maximum Gasteiger partial charge on any atom is 0.250 e. The smallest absolute Gasteiger partial charge is 0.250 e. The molecule has 1 heterocycles. The molecule has 1 rings (SSSR count). The number of aliphatic hydroxyl groups is 1. The van der Waals surface area contributed by atoms with Crippen LogP contribution >= 0.6 is 11.3 Å². The molecule has 4 nitrogen and oxygen atoms in total. The lowest BCUT2D eigenvalue weighted by molar-refractivity contribution is 0.300. The second kappa shape index (κ2) is 7.38. The maximum atomic E-state index is 12.1. The Morgan fingerprint density at radius 2 is 1.95 bits per heavy atom. The second-order valence-electron chi connectivity index (χ2n) is 5.19. The zero-order valence-electron chi connectivity index (χ0n) is 11.7. The minimum Gasteiger partial charge on any atom is -0.396 e. The van der Waals surface area contributed by atoms with Crippen molar-refractivity contribution >= 4 is 21.4 Å². The number of nitrogens with one attached hydrogen (secondary N) is 1. The van der Waals surface area contributed by atoms with E-state index in [0.717, 1.165) is 17.7 Å². The van der Waals surface area contributed by atoms with E-state index in [1.807, 2.05) is 6.92 Å². The van der Waals surface area contributed by atoms with Gasteiger partial charge in [0.2, 0.25) is 10.0 Å². The van der Waals surface area contributed by atoms with Gasteiger partial charge in [-0.1, -0.05) is 13.8 Å². The summed E-state index contributed by atoms with van der Waals surface area (Å²) in [5.74, 6) is 0.574. The van der Waals surface area contributed by atoms with Crippen molar-refractivity contribution in [1.29, 1.82) is 0 Å². The van der Waals surface area contributed by atoms with Gasteiger partial charge < -0.3 is 5.11 Å². The minimum atomic E-state index is -3.42. The minimum absolute atomic E-state index is 0.0399. The predicted molar refractivity (Wildman–Crippen MR) is 79.0 cm³/mol. The zero-order chi connectivity index (χ0) is 14.5. The van der Waals surface area contributed by atoms with E-state index >= 15 is 0 Å². The standard InChI is InChI=1S/C13H23NO3S2/c1-10(2)4-5-11(3)14-19(16,17)13-7-6-12(18-13)8-9-15/h6-7,10-11,14-15H,4-5,8-9H2,1-3H3. The lowest BCUT2D eigenvalue weighted by Crippen LogP contribution is -2.32. The van der Waals surface area contributed by atoms with Crippen LogP contribution in [0.3, 0.4) is 0 Å². The van der Waals surface area contributed by atoms with Gasteiger partial charge in [-0.15, -0.1) is 11.3 Å². The number of sulfonamides is 1. The van der Waals surface area contributed by atoms with Gasteiger partial charge in [0.1, 0.15) is 4.21 Å². The molecule has 110 valence electrons. The summed E-state index contributed by atoms with van der Waals surface area (Å²) in [7, 11) is -3.42. The highest BCUT2D eigenvalue weighted by atomic mass is 32.2. The average molecular weight is 305 g/mol. The molecule has 0 bridgehead atoms. The normalized spacial score (nSPS) is 13.9. The van der Waals surface area contributed by atoms with Crippen LogP contribution in [-0.4, -0.2) is 26.2 Å². The van der Waals surface area contributed by atoms with Crippen molar-refractivity contribution in [3.63, 3.8) is 0 Å². The average Bonchev–Trinajstić information content (AvgIpc) is 2.76. The molecule has 0 saturated heterocycles. The Hall–Kier alpha value is -0.430. The van der Waals surface area contributed by atoms with Crippen LogP contribution in [0.15, 0.2) is 16.3 Å². The van der Waals surface area contributed by atoms with E-state index in [-0.39, 0.29) is 12.6 Å². The Balaban J connectivity index is 2.64. The van der Waals surface area contributed by atoms with Crippen molar-refractivity contribution in [2.75, 3.05) is 6.61 Å². The zero-order valence-corrected chi connectivity index (χ0v) is 13.4. The molecule has 1 atom stereocenters. The Kier molecular flexibility index (Phi) is 6.46. The van der Waals surface area contributed by atoms with Gasteiger partial charge in [-0.05, 0) is 37.8 Å². The summed E-state index contributed by atoms with van der Waals surface area (Å²) in [6.45, 7) is 6.18. The van der Waals surface area contributed by atoms with Crippen LogP contribution in [0.4, 0.5) is 0 Å². The molecule has 19 heavy (non-hydrogen) atoms. The highest BCUT2D eigenvalue weighted by Crippen LogP contribution is 2.22. The van der Waals surface area contributed by atoms with Crippen LogP contribution in [0.25, 0.3) is 0 Å². The third kappa shape index (κ3) is 5.60. The van der Waals surface area contributed by atoms with Crippen LogP contribution in [0.1, 0.15) is 38.5 Å². The summed E-state index contributed by atoms with van der Waals surface area (Å²) in [6.07, 6.45) is 2.35. The molecule has 1 aromatic rings. The first-order valence-electron chi connectivity index (χ1n) is 6.57. The number of hydrogen-bond donors (Lipinski definition) is 2. The van der Waals surface area contributed by atoms with Gasteiger partial charge in [0.05, 0.1) is 0 Å². The molecule has 0 aliphatic carbocycles. The number of aliphatic hydroxyl groups excluding tert-OH is 1. The molecule has 0 aliphatic heterocycles. The van der Waals surface area contributed by atoms with Gasteiger partial charge in [0.15, 0.2) is 0 Å². The lowest BCUT2D eigenvalue weighted by atomic mass is 10.1. The van der Waals surface area contributed by atoms with Crippen molar-refractivity contribution in [2.24, 2.45) is 5.92 Å². The van der Waals surface area contributed by atoms with Crippen LogP contribution in [0, 0.1) is 5.92 Å². The SMILES string of the molecule is CC(C)CCC(C)NS(=O)(=O)c1ccc(CCO)s1. The summed E-state index contributed by atoms with van der Waals surface area (Å²) in [4.78, 5) is 0.887. The fourth-order valence-electron chi connectivity index (χ4n) is 1.71. The molecule has 0 saturated carbocycles. The molecule has 1 aromatic heterocycles. The van der Waals surface area contributed by atoms with Crippen molar-refractivity contribution in [3.8, 4) is 0 Å².